The first kappa shape index (κ1) is 24.0. The van der Waals surface area contributed by atoms with Gasteiger partial charge in [0.15, 0.2) is 9.84 Å². The maximum Gasteiger partial charge on any atom is 0.330 e. The van der Waals surface area contributed by atoms with Gasteiger partial charge in [-0.1, -0.05) is 55.8 Å². The zero-order chi connectivity index (χ0) is 21.8. The molecule has 0 radical (unpaired) electrons. The molecule has 30 heavy (non-hydrogen) atoms. The molecule has 0 aliphatic rings. The molecule has 0 fully saturated rings. The quantitative estimate of drug-likeness (QED) is 0.139. The van der Waals surface area contributed by atoms with E-state index in [1.54, 1.807) is 24.3 Å². The molecule has 0 N–H and O–H groups in total. The van der Waals surface area contributed by atoms with Crippen molar-refractivity contribution in [3.8, 4) is 0 Å². The number of thioether (sulfide) groups is 1. The van der Waals surface area contributed by atoms with E-state index in [4.69, 9.17) is 4.74 Å². The zero-order valence-corrected chi connectivity index (χ0v) is 18.9. The SMILES string of the molecule is C=CC(=O)OCCCCCCSc1ccc(C=Cc2ccc(S(C)(=O)=O)cc2)cc1. The van der Waals surface area contributed by atoms with Crippen LogP contribution in [-0.2, 0) is 19.4 Å². The summed E-state index contributed by atoms with van der Waals surface area (Å²) in [7, 11) is -3.16. The minimum atomic E-state index is -3.16. The molecule has 0 aromatic heterocycles. The topological polar surface area (TPSA) is 60.4 Å². The summed E-state index contributed by atoms with van der Waals surface area (Å²) >= 11 is 1.84. The van der Waals surface area contributed by atoms with Gasteiger partial charge >= 0.3 is 5.97 Å². The van der Waals surface area contributed by atoms with Crippen LogP contribution in [0.25, 0.3) is 12.2 Å². The van der Waals surface area contributed by atoms with E-state index in [1.807, 2.05) is 23.9 Å². The fourth-order valence-corrected chi connectivity index (χ4v) is 4.22. The van der Waals surface area contributed by atoms with E-state index in [0.717, 1.165) is 42.6 Å². The molecular formula is C24H28O4S2. The number of ether oxygens (including phenoxy) is 1. The lowest BCUT2D eigenvalue weighted by atomic mass is 10.1. The second-order valence-corrected chi connectivity index (χ2v) is 10.1. The molecule has 0 aliphatic heterocycles. The minimum absolute atomic E-state index is 0.331. The van der Waals surface area contributed by atoms with Crippen molar-refractivity contribution in [1.82, 2.24) is 0 Å². The molecule has 0 spiro atoms. The molecule has 2 rings (SSSR count). The molecular weight excluding hydrogens is 416 g/mol. The number of hydrogen-bond donors (Lipinski definition) is 0. The van der Waals surface area contributed by atoms with Gasteiger partial charge in [-0.05, 0) is 54.0 Å². The third-order valence-corrected chi connectivity index (χ3v) is 6.60. The van der Waals surface area contributed by atoms with Gasteiger partial charge in [0.25, 0.3) is 0 Å². The van der Waals surface area contributed by atoms with Gasteiger partial charge in [-0.3, -0.25) is 0 Å². The van der Waals surface area contributed by atoms with Crippen LogP contribution in [0.3, 0.4) is 0 Å². The van der Waals surface area contributed by atoms with Crippen LogP contribution in [0.2, 0.25) is 0 Å². The zero-order valence-electron chi connectivity index (χ0n) is 17.3. The number of sulfone groups is 1. The average Bonchev–Trinajstić information content (AvgIpc) is 2.74. The predicted molar refractivity (Wildman–Crippen MR) is 125 cm³/mol. The molecule has 0 heterocycles. The fraction of sp³-hybridized carbons (Fsp3) is 0.292. The molecule has 6 heteroatoms. The highest BCUT2D eigenvalue weighted by Crippen LogP contribution is 2.21. The molecule has 0 saturated carbocycles. The molecule has 0 bridgehead atoms. The number of unbranched alkanes of at least 4 members (excludes halogenated alkanes) is 3. The van der Waals surface area contributed by atoms with Crippen LogP contribution in [0.4, 0.5) is 0 Å². The normalized spacial score (nSPS) is 11.5. The lowest BCUT2D eigenvalue weighted by Gasteiger charge is -2.04. The van der Waals surface area contributed by atoms with E-state index >= 15 is 0 Å². The van der Waals surface area contributed by atoms with E-state index in [9.17, 15) is 13.2 Å². The summed E-state index contributed by atoms with van der Waals surface area (Å²) in [6, 6.07) is 15.3. The van der Waals surface area contributed by atoms with Crippen molar-refractivity contribution in [2.24, 2.45) is 0 Å². The smallest absolute Gasteiger partial charge is 0.330 e. The van der Waals surface area contributed by atoms with Crippen LogP contribution >= 0.6 is 11.8 Å². The Balaban J connectivity index is 1.69. The van der Waals surface area contributed by atoms with Crippen LogP contribution < -0.4 is 0 Å². The lowest BCUT2D eigenvalue weighted by molar-refractivity contribution is -0.137. The first-order valence-corrected chi connectivity index (χ1v) is 12.8. The predicted octanol–water partition coefficient (Wildman–Crippen LogP) is 5.64. The van der Waals surface area contributed by atoms with Crippen molar-refractivity contribution in [3.63, 3.8) is 0 Å². The third kappa shape index (κ3) is 9.01. The molecule has 0 saturated heterocycles. The van der Waals surface area contributed by atoms with Crippen LogP contribution in [-0.4, -0.2) is 33.0 Å². The lowest BCUT2D eigenvalue weighted by Crippen LogP contribution is -2.01. The van der Waals surface area contributed by atoms with E-state index in [2.05, 4.69) is 30.8 Å². The van der Waals surface area contributed by atoms with Gasteiger partial charge in [0.1, 0.15) is 0 Å². The van der Waals surface area contributed by atoms with Crippen molar-refractivity contribution in [3.05, 3.63) is 72.3 Å². The summed E-state index contributed by atoms with van der Waals surface area (Å²) in [6.07, 6.45) is 10.6. The Morgan fingerprint density at radius 1 is 0.933 bits per heavy atom. The minimum Gasteiger partial charge on any atom is -0.463 e. The Bertz CT molecular complexity index is 944. The summed E-state index contributed by atoms with van der Waals surface area (Å²) in [5, 5.41) is 0. The summed E-state index contributed by atoms with van der Waals surface area (Å²) in [5.74, 6) is 0.711. The first-order chi connectivity index (χ1) is 14.4. The Hall–Kier alpha value is -2.31. The molecule has 0 unspecified atom stereocenters. The Labute approximate surface area is 184 Å². The number of hydrogen-bond acceptors (Lipinski definition) is 5. The molecule has 160 valence electrons. The number of rotatable bonds is 12. The van der Waals surface area contributed by atoms with Crippen molar-refractivity contribution in [2.45, 2.75) is 35.5 Å². The Morgan fingerprint density at radius 3 is 2.07 bits per heavy atom. The Kier molecular flexibility index (Phi) is 9.91. The van der Waals surface area contributed by atoms with Crippen LogP contribution in [0.15, 0.2) is 71.0 Å². The third-order valence-electron chi connectivity index (χ3n) is 4.37. The van der Waals surface area contributed by atoms with Crippen LogP contribution in [0.1, 0.15) is 36.8 Å². The van der Waals surface area contributed by atoms with Crippen LogP contribution in [0.5, 0.6) is 0 Å². The van der Waals surface area contributed by atoms with Crippen molar-refractivity contribution in [2.75, 3.05) is 18.6 Å². The number of benzene rings is 2. The second-order valence-electron chi connectivity index (χ2n) is 6.88. The standard InChI is InChI=1S/C24H28O4S2/c1-3-24(25)28-18-6-4-5-7-19-29-22-14-10-20(11-15-22)8-9-21-12-16-23(17-13-21)30(2,26)27/h3,8-17H,1,4-7,18-19H2,2H3. The maximum atomic E-state index is 11.5. The van der Waals surface area contributed by atoms with E-state index in [1.165, 1.54) is 17.2 Å². The summed E-state index contributed by atoms with van der Waals surface area (Å²) in [6.45, 7) is 3.84. The van der Waals surface area contributed by atoms with Gasteiger partial charge in [-0.2, -0.15) is 0 Å². The summed E-state index contributed by atoms with van der Waals surface area (Å²) < 4.78 is 28.0. The highest BCUT2D eigenvalue weighted by molar-refractivity contribution is 7.99. The van der Waals surface area contributed by atoms with Gasteiger partial charge in [0, 0.05) is 17.2 Å². The second kappa shape index (κ2) is 12.4. The first-order valence-electron chi connectivity index (χ1n) is 9.89. The molecule has 0 amide bonds. The maximum absolute atomic E-state index is 11.5. The number of carbonyl (C=O) groups excluding carboxylic acids is 1. The summed E-state index contributed by atoms with van der Waals surface area (Å²) in [4.78, 5) is 12.5. The highest BCUT2D eigenvalue weighted by Gasteiger charge is 2.05. The summed E-state index contributed by atoms with van der Waals surface area (Å²) in [5.41, 5.74) is 2.06. The van der Waals surface area contributed by atoms with Gasteiger partial charge in [-0.25, -0.2) is 13.2 Å². The average molecular weight is 445 g/mol. The fourth-order valence-electron chi connectivity index (χ4n) is 2.67. The molecule has 0 atom stereocenters. The monoisotopic (exact) mass is 444 g/mol. The van der Waals surface area contributed by atoms with Gasteiger partial charge in [0.2, 0.25) is 0 Å². The highest BCUT2D eigenvalue weighted by atomic mass is 32.2. The van der Waals surface area contributed by atoms with Crippen molar-refractivity contribution < 1.29 is 17.9 Å². The largest absolute Gasteiger partial charge is 0.463 e. The van der Waals surface area contributed by atoms with E-state index in [0.29, 0.717) is 11.5 Å². The van der Waals surface area contributed by atoms with Gasteiger partial charge < -0.3 is 4.74 Å². The molecule has 0 aliphatic carbocycles. The molecule has 2 aromatic carbocycles. The van der Waals surface area contributed by atoms with Gasteiger partial charge in [0.05, 0.1) is 11.5 Å². The van der Waals surface area contributed by atoms with Crippen molar-refractivity contribution in [1.29, 1.82) is 0 Å². The van der Waals surface area contributed by atoms with Gasteiger partial charge in [-0.15, -0.1) is 11.8 Å². The van der Waals surface area contributed by atoms with Crippen LogP contribution in [0, 0.1) is 0 Å². The number of carbonyl (C=O) groups is 1. The molecule has 2 aromatic rings. The number of esters is 1. The molecule has 4 nitrogen and oxygen atoms in total. The van der Waals surface area contributed by atoms with E-state index in [-0.39, 0.29) is 5.97 Å². The Morgan fingerprint density at radius 2 is 1.50 bits per heavy atom. The van der Waals surface area contributed by atoms with Crippen molar-refractivity contribution >= 4 is 39.7 Å². The van der Waals surface area contributed by atoms with E-state index < -0.39 is 9.84 Å².